The van der Waals surface area contributed by atoms with Crippen LogP contribution < -0.4 is 5.32 Å². The second kappa shape index (κ2) is 3.70. The van der Waals surface area contributed by atoms with Gasteiger partial charge < -0.3 is 5.32 Å². The summed E-state index contributed by atoms with van der Waals surface area (Å²) in [6.45, 7) is 0. The van der Waals surface area contributed by atoms with E-state index >= 15 is 0 Å². The third-order valence-corrected chi connectivity index (χ3v) is 5.64. The summed E-state index contributed by atoms with van der Waals surface area (Å²) in [7, 11) is -2.80. The van der Waals surface area contributed by atoms with Crippen molar-refractivity contribution in [1.29, 1.82) is 0 Å². The van der Waals surface area contributed by atoms with E-state index in [9.17, 15) is 8.42 Å². The minimum atomic E-state index is -2.80. The molecule has 2 aliphatic rings. The van der Waals surface area contributed by atoms with Crippen LogP contribution in [-0.4, -0.2) is 30.9 Å². The maximum Gasteiger partial charge on any atom is 0.183 e. The molecular formula is C10H14N2O2S2. The Kier molecular flexibility index (Phi) is 2.43. The van der Waals surface area contributed by atoms with E-state index in [0.717, 1.165) is 5.13 Å². The summed E-state index contributed by atoms with van der Waals surface area (Å²) in [6.07, 6.45) is 3.21. The molecule has 0 bridgehead atoms. The fraction of sp³-hybridized carbons (Fsp3) is 0.700. The van der Waals surface area contributed by atoms with E-state index in [1.165, 1.54) is 18.5 Å². The van der Waals surface area contributed by atoms with Gasteiger partial charge in [0.1, 0.15) is 0 Å². The predicted octanol–water partition coefficient (Wildman–Crippen LogP) is 1.62. The number of hydrogen-bond acceptors (Lipinski definition) is 5. The molecule has 16 heavy (non-hydrogen) atoms. The average molecular weight is 258 g/mol. The zero-order valence-corrected chi connectivity index (χ0v) is 10.5. The highest BCUT2D eigenvalue weighted by molar-refractivity contribution is 7.91. The summed E-state index contributed by atoms with van der Waals surface area (Å²) >= 11 is 1.59. The largest absolute Gasteiger partial charge is 0.358 e. The first kappa shape index (κ1) is 10.5. The molecule has 1 aromatic rings. The minimum absolute atomic E-state index is 0.0585. The fourth-order valence-corrected chi connectivity index (χ4v) is 4.55. The summed E-state index contributed by atoms with van der Waals surface area (Å²) in [5.74, 6) is 1.23. The van der Waals surface area contributed by atoms with Gasteiger partial charge in [0.15, 0.2) is 15.0 Å². The monoisotopic (exact) mass is 258 g/mol. The number of aromatic nitrogens is 1. The Morgan fingerprint density at radius 1 is 1.38 bits per heavy atom. The first-order valence-electron chi connectivity index (χ1n) is 5.55. The van der Waals surface area contributed by atoms with E-state index in [1.54, 1.807) is 11.3 Å². The predicted molar refractivity (Wildman–Crippen MR) is 64.8 cm³/mol. The van der Waals surface area contributed by atoms with E-state index in [4.69, 9.17) is 0 Å². The van der Waals surface area contributed by atoms with Crippen LogP contribution in [0.3, 0.4) is 0 Å². The van der Waals surface area contributed by atoms with Gasteiger partial charge in [-0.15, -0.1) is 11.3 Å². The van der Waals surface area contributed by atoms with Gasteiger partial charge in [-0.25, -0.2) is 13.4 Å². The molecule has 3 rings (SSSR count). The molecule has 2 fully saturated rings. The highest BCUT2D eigenvalue weighted by Crippen LogP contribution is 2.41. The van der Waals surface area contributed by atoms with Gasteiger partial charge >= 0.3 is 0 Å². The maximum absolute atomic E-state index is 11.3. The van der Waals surface area contributed by atoms with Gasteiger partial charge in [-0.1, -0.05) is 0 Å². The Hall–Kier alpha value is -0.620. The number of anilines is 1. The van der Waals surface area contributed by atoms with Crippen molar-refractivity contribution in [3.63, 3.8) is 0 Å². The third-order valence-electron chi connectivity index (χ3n) is 3.08. The lowest BCUT2D eigenvalue weighted by Gasteiger charge is -2.08. The Morgan fingerprint density at radius 3 is 2.81 bits per heavy atom. The van der Waals surface area contributed by atoms with Crippen LogP contribution in [0.2, 0.25) is 0 Å². The average Bonchev–Trinajstić information content (AvgIpc) is 2.88. The molecule has 1 unspecified atom stereocenters. The molecule has 0 spiro atoms. The summed E-state index contributed by atoms with van der Waals surface area (Å²) in [5.41, 5.74) is 1.17. The van der Waals surface area contributed by atoms with Gasteiger partial charge in [-0.05, 0) is 19.3 Å². The molecule has 1 N–H and O–H groups in total. The molecule has 0 amide bonds. The standard InChI is InChI=1S/C10H14N2O2S2/c13-16(14)4-3-8(6-16)11-10-12-9(5-15-10)7-1-2-7/h5,7-8H,1-4,6H2,(H,11,12). The first-order valence-corrected chi connectivity index (χ1v) is 8.25. The second-order valence-electron chi connectivity index (χ2n) is 4.60. The quantitative estimate of drug-likeness (QED) is 0.895. The molecule has 1 aromatic heterocycles. The van der Waals surface area contributed by atoms with E-state index < -0.39 is 9.84 Å². The van der Waals surface area contributed by atoms with Crippen LogP contribution in [0.15, 0.2) is 5.38 Å². The molecule has 1 aliphatic heterocycles. The first-order chi connectivity index (χ1) is 7.62. The Bertz CT molecular complexity index is 491. The van der Waals surface area contributed by atoms with Crippen molar-refractivity contribution in [3.05, 3.63) is 11.1 Å². The number of hydrogen-bond donors (Lipinski definition) is 1. The molecule has 1 saturated heterocycles. The topological polar surface area (TPSA) is 59.1 Å². The van der Waals surface area contributed by atoms with Crippen molar-refractivity contribution in [3.8, 4) is 0 Å². The number of rotatable bonds is 3. The summed E-state index contributed by atoms with van der Waals surface area (Å²) in [5, 5.41) is 6.19. The van der Waals surface area contributed by atoms with E-state index in [0.29, 0.717) is 18.1 Å². The van der Waals surface area contributed by atoms with Crippen LogP contribution in [0, 0.1) is 0 Å². The fourth-order valence-electron chi connectivity index (χ4n) is 2.00. The maximum atomic E-state index is 11.3. The molecule has 0 radical (unpaired) electrons. The van der Waals surface area contributed by atoms with Crippen molar-refractivity contribution >= 4 is 26.3 Å². The third kappa shape index (κ3) is 2.22. The molecule has 2 heterocycles. The highest BCUT2D eigenvalue weighted by Gasteiger charge is 2.29. The van der Waals surface area contributed by atoms with Crippen molar-refractivity contribution in [2.75, 3.05) is 16.8 Å². The SMILES string of the molecule is O=S1(=O)CCC(Nc2nc(C3CC3)cs2)C1. The van der Waals surface area contributed by atoms with Gasteiger partial charge in [0.25, 0.3) is 0 Å². The molecular weight excluding hydrogens is 244 g/mol. The molecule has 88 valence electrons. The lowest BCUT2D eigenvalue weighted by atomic mass is 10.3. The number of thiazole rings is 1. The summed E-state index contributed by atoms with van der Waals surface area (Å²) in [6, 6.07) is 0.0585. The zero-order valence-electron chi connectivity index (χ0n) is 8.85. The molecule has 1 saturated carbocycles. The highest BCUT2D eigenvalue weighted by atomic mass is 32.2. The van der Waals surface area contributed by atoms with Crippen molar-refractivity contribution < 1.29 is 8.42 Å². The molecule has 0 aromatic carbocycles. The smallest absolute Gasteiger partial charge is 0.183 e. The Morgan fingerprint density at radius 2 is 2.19 bits per heavy atom. The van der Waals surface area contributed by atoms with Crippen LogP contribution in [0.25, 0.3) is 0 Å². The zero-order chi connectivity index (χ0) is 11.2. The minimum Gasteiger partial charge on any atom is -0.358 e. The number of nitrogens with zero attached hydrogens (tertiary/aromatic N) is 1. The molecule has 4 nitrogen and oxygen atoms in total. The molecule has 1 atom stereocenters. The van der Waals surface area contributed by atoms with Crippen LogP contribution in [0.4, 0.5) is 5.13 Å². The van der Waals surface area contributed by atoms with Crippen LogP contribution in [0.1, 0.15) is 30.9 Å². The van der Waals surface area contributed by atoms with E-state index in [-0.39, 0.29) is 11.8 Å². The van der Waals surface area contributed by atoms with Crippen LogP contribution >= 0.6 is 11.3 Å². The van der Waals surface area contributed by atoms with Gasteiger partial charge in [-0.2, -0.15) is 0 Å². The van der Waals surface area contributed by atoms with Gasteiger partial charge in [0, 0.05) is 17.3 Å². The van der Waals surface area contributed by atoms with Gasteiger partial charge in [-0.3, -0.25) is 0 Å². The van der Waals surface area contributed by atoms with Gasteiger partial charge in [0.2, 0.25) is 0 Å². The Labute approximate surface area is 99.0 Å². The van der Waals surface area contributed by atoms with E-state index in [2.05, 4.69) is 15.7 Å². The number of sulfone groups is 1. The van der Waals surface area contributed by atoms with Crippen molar-refractivity contribution in [2.24, 2.45) is 0 Å². The van der Waals surface area contributed by atoms with Gasteiger partial charge in [0.05, 0.1) is 17.2 Å². The number of nitrogens with one attached hydrogen (secondary N) is 1. The second-order valence-corrected chi connectivity index (χ2v) is 7.68. The molecule has 6 heteroatoms. The lowest BCUT2D eigenvalue weighted by molar-refractivity contribution is 0.602. The lowest BCUT2D eigenvalue weighted by Crippen LogP contribution is -2.20. The van der Waals surface area contributed by atoms with Crippen molar-refractivity contribution in [1.82, 2.24) is 4.98 Å². The van der Waals surface area contributed by atoms with Crippen molar-refractivity contribution in [2.45, 2.75) is 31.2 Å². The Balaban J connectivity index is 1.65. The van der Waals surface area contributed by atoms with Crippen LogP contribution in [0.5, 0.6) is 0 Å². The molecule has 1 aliphatic carbocycles. The van der Waals surface area contributed by atoms with Crippen LogP contribution in [-0.2, 0) is 9.84 Å². The summed E-state index contributed by atoms with van der Waals surface area (Å²) < 4.78 is 22.6. The van der Waals surface area contributed by atoms with E-state index in [1.807, 2.05) is 0 Å². The summed E-state index contributed by atoms with van der Waals surface area (Å²) in [4.78, 5) is 4.50. The normalized spacial score (nSPS) is 28.1.